The molecule has 1 aliphatic rings. The van der Waals surface area contributed by atoms with Crippen LogP contribution in [-0.2, 0) is 9.59 Å². The summed E-state index contributed by atoms with van der Waals surface area (Å²) in [4.78, 5) is 26.7. The fraction of sp³-hybridized carbons (Fsp3) is 0.417. The van der Waals surface area contributed by atoms with Crippen LogP contribution in [0, 0.1) is 11.8 Å². The molecule has 0 unspecified atom stereocenters. The van der Waals surface area contributed by atoms with Gasteiger partial charge in [-0.1, -0.05) is 17.7 Å². The number of aliphatic carboxylic acids is 1. The number of carboxylic acids is 1. The van der Waals surface area contributed by atoms with Crippen LogP contribution in [0.1, 0.15) is 19.3 Å². The van der Waals surface area contributed by atoms with Gasteiger partial charge < -0.3 is 10.4 Å². The quantitative estimate of drug-likeness (QED) is 0.824. The van der Waals surface area contributed by atoms with E-state index in [1.165, 1.54) is 0 Å². The molecule has 0 aliphatic heterocycles. The SMILES string of the molecule is O=C(O)[C@H]1CC[C@@H](C(=O)Nc2cccc(Cl)n2)C1. The molecule has 2 N–H and O–H groups in total. The Kier molecular flexibility index (Phi) is 3.81. The molecule has 6 heteroatoms. The number of nitrogens with zero attached hydrogens (tertiary/aromatic N) is 1. The van der Waals surface area contributed by atoms with Crippen molar-refractivity contribution in [1.82, 2.24) is 4.98 Å². The minimum absolute atomic E-state index is 0.187. The van der Waals surface area contributed by atoms with E-state index in [-0.39, 0.29) is 11.8 Å². The number of carbonyl (C=O) groups is 2. The third-order valence-electron chi connectivity index (χ3n) is 3.12. The van der Waals surface area contributed by atoms with E-state index < -0.39 is 11.9 Å². The molecule has 2 atom stereocenters. The van der Waals surface area contributed by atoms with Crippen LogP contribution in [0.15, 0.2) is 18.2 Å². The van der Waals surface area contributed by atoms with Crippen molar-refractivity contribution in [1.29, 1.82) is 0 Å². The third kappa shape index (κ3) is 2.98. The molecular formula is C12H13ClN2O3. The van der Waals surface area contributed by atoms with Crippen molar-refractivity contribution in [2.24, 2.45) is 11.8 Å². The van der Waals surface area contributed by atoms with Crippen LogP contribution >= 0.6 is 11.6 Å². The first-order chi connectivity index (χ1) is 8.56. The second-order valence-electron chi connectivity index (χ2n) is 4.38. The molecule has 0 radical (unpaired) electrons. The standard InChI is InChI=1S/C12H13ClN2O3/c13-9-2-1-3-10(14-9)15-11(16)7-4-5-8(6-7)12(17)18/h1-3,7-8H,4-6H2,(H,17,18)(H,14,15,16)/t7-,8+/m1/s1. The van der Waals surface area contributed by atoms with E-state index in [0.29, 0.717) is 30.2 Å². The van der Waals surface area contributed by atoms with Gasteiger partial charge >= 0.3 is 5.97 Å². The van der Waals surface area contributed by atoms with Crippen LogP contribution in [0.2, 0.25) is 5.15 Å². The van der Waals surface area contributed by atoms with Crippen molar-refractivity contribution < 1.29 is 14.7 Å². The summed E-state index contributed by atoms with van der Waals surface area (Å²) in [6.07, 6.45) is 1.54. The normalized spacial score (nSPS) is 22.7. The smallest absolute Gasteiger partial charge is 0.306 e. The Morgan fingerprint density at radius 1 is 1.33 bits per heavy atom. The second-order valence-corrected chi connectivity index (χ2v) is 4.77. The number of nitrogens with one attached hydrogen (secondary N) is 1. The van der Waals surface area contributed by atoms with Gasteiger partial charge in [0.15, 0.2) is 0 Å². The van der Waals surface area contributed by atoms with Gasteiger partial charge in [0.2, 0.25) is 5.91 Å². The maximum atomic E-state index is 11.9. The number of carboxylic acid groups (broad SMARTS) is 1. The maximum absolute atomic E-state index is 11.9. The molecule has 0 bridgehead atoms. The van der Waals surface area contributed by atoms with Crippen LogP contribution in [0.5, 0.6) is 0 Å². The zero-order chi connectivity index (χ0) is 13.1. The number of rotatable bonds is 3. The molecule has 0 spiro atoms. The van der Waals surface area contributed by atoms with Crippen LogP contribution in [0.4, 0.5) is 5.82 Å². The summed E-state index contributed by atoms with van der Waals surface area (Å²) in [5.41, 5.74) is 0. The molecular weight excluding hydrogens is 256 g/mol. The number of pyridine rings is 1. The first kappa shape index (κ1) is 12.8. The molecule has 1 aromatic rings. The van der Waals surface area contributed by atoms with Gasteiger partial charge in [0.25, 0.3) is 0 Å². The van der Waals surface area contributed by atoms with E-state index in [1.807, 2.05) is 0 Å². The largest absolute Gasteiger partial charge is 0.481 e. The van der Waals surface area contributed by atoms with Crippen molar-refractivity contribution in [3.63, 3.8) is 0 Å². The molecule has 96 valence electrons. The number of halogens is 1. The Morgan fingerprint density at radius 3 is 2.67 bits per heavy atom. The number of carbonyl (C=O) groups excluding carboxylic acids is 1. The van der Waals surface area contributed by atoms with Gasteiger partial charge in [0.1, 0.15) is 11.0 Å². The first-order valence-electron chi connectivity index (χ1n) is 5.72. The van der Waals surface area contributed by atoms with Gasteiger partial charge in [-0.2, -0.15) is 0 Å². The Hall–Kier alpha value is -1.62. The number of hydrogen-bond donors (Lipinski definition) is 2. The predicted molar refractivity (Wildman–Crippen MR) is 66.3 cm³/mol. The third-order valence-corrected chi connectivity index (χ3v) is 3.33. The fourth-order valence-corrected chi connectivity index (χ4v) is 2.31. The topological polar surface area (TPSA) is 79.3 Å². The maximum Gasteiger partial charge on any atom is 0.306 e. The van der Waals surface area contributed by atoms with E-state index >= 15 is 0 Å². The van der Waals surface area contributed by atoms with E-state index in [9.17, 15) is 9.59 Å². The van der Waals surface area contributed by atoms with Gasteiger partial charge in [-0.25, -0.2) is 4.98 Å². The molecule has 1 fully saturated rings. The van der Waals surface area contributed by atoms with Gasteiger partial charge in [-0.15, -0.1) is 0 Å². The molecule has 1 heterocycles. The average Bonchev–Trinajstić information content (AvgIpc) is 2.78. The zero-order valence-corrected chi connectivity index (χ0v) is 10.4. The molecule has 5 nitrogen and oxygen atoms in total. The minimum atomic E-state index is -0.828. The number of hydrogen-bond acceptors (Lipinski definition) is 3. The summed E-state index contributed by atoms with van der Waals surface area (Å²) in [7, 11) is 0. The number of aromatic nitrogens is 1. The molecule has 0 aromatic carbocycles. The molecule has 18 heavy (non-hydrogen) atoms. The first-order valence-corrected chi connectivity index (χ1v) is 6.10. The Morgan fingerprint density at radius 2 is 2.06 bits per heavy atom. The Balaban J connectivity index is 1.95. The fourth-order valence-electron chi connectivity index (χ4n) is 2.15. The highest BCUT2D eigenvalue weighted by Gasteiger charge is 2.33. The monoisotopic (exact) mass is 268 g/mol. The highest BCUT2D eigenvalue weighted by atomic mass is 35.5. The van der Waals surface area contributed by atoms with Crippen LogP contribution in [0.3, 0.4) is 0 Å². The molecule has 1 saturated carbocycles. The van der Waals surface area contributed by atoms with E-state index in [1.54, 1.807) is 18.2 Å². The lowest BCUT2D eigenvalue weighted by Crippen LogP contribution is -2.22. The summed E-state index contributed by atoms with van der Waals surface area (Å²) in [5.74, 6) is -1.29. The van der Waals surface area contributed by atoms with Gasteiger partial charge in [-0.05, 0) is 31.4 Å². The molecule has 1 aromatic heterocycles. The van der Waals surface area contributed by atoms with Crippen molar-refractivity contribution in [3.8, 4) is 0 Å². The molecule has 1 aliphatic carbocycles. The highest BCUT2D eigenvalue weighted by Crippen LogP contribution is 2.31. The average molecular weight is 269 g/mol. The van der Waals surface area contributed by atoms with Crippen molar-refractivity contribution in [2.75, 3.05) is 5.32 Å². The van der Waals surface area contributed by atoms with Gasteiger partial charge in [-0.3, -0.25) is 9.59 Å². The molecule has 1 amide bonds. The summed E-state index contributed by atoms with van der Waals surface area (Å²) in [6.45, 7) is 0. The Labute approximate surface area is 109 Å². The Bertz CT molecular complexity index is 478. The van der Waals surface area contributed by atoms with E-state index in [2.05, 4.69) is 10.3 Å². The minimum Gasteiger partial charge on any atom is -0.481 e. The van der Waals surface area contributed by atoms with E-state index in [0.717, 1.165) is 0 Å². The van der Waals surface area contributed by atoms with Crippen LogP contribution in [0.25, 0.3) is 0 Å². The van der Waals surface area contributed by atoms with Crippen molar-refractivity contribution in [2.45, 2.75) is 19.3 Å². The van der Waals surface area contributed by atoms with Crippen LogP contribution < -0.4 is 5.32 Å². The summed E-state index contributed by atoms with van der Waals surface area (Å²) in [6, 6.07) is 4.96. The summed E-state index contributed by atoms with van der Waals surface area (Å²) < 4.78 is 0. The van der Waals surface area contributed by atoms with Crippen LogP contribution in [-0.4, -0.2) is 22.0 Å². The zero-order valence-electron chi connectivity index (χ0n) is 9.60. The predicted octanol–water partition coefficient (Wildman–Crippen LogP) is 2.17. The number of anilines is 1. The lowest BCUT2D eigenvalue weighted by Gasteiger charge is -2.10. The highest BCUT2D eigenvalue weighted by molar-refractivity contribution is 6.29. The molecule has 2 rings (SSSR count). The van der Waals surface area contributed by atoms with Crippen molar-refractivity contribution in [3.05, 3.63) is 23.4 Å². The summed E-state index contributed by atoms with van der Waals surface area (Å²) in [5, 5.41) is 11.8. The number of amides is 1. The van der Waals surface area contributed by atoms with Gasteiger partial charge in [0.05, 0.1) is 5.92 Å². The van der Waals surface area contributed by atoms with Gasteiger partial charge in [0, 0.05) is 5.92 Å². The lowest BCUT2D eigenvalue weighted by atomic mass is 10.0. The second kappa shape index (κ2) is 5.35. The van der Waals surface area contributed by atoms with Crippen molar-refractivity contribution >= 4 is 29.3 Å². The van der Waals surface area contributed by atoms with E-state index in [4.69, 9.17) is 16.7 Å². The lowest BCUT2D eigenvalue weighted by molar-refractivity contribution is -0.141. The summed E-state index contributed by atoms with van der Waals surface area (Å²) >= 11 is 5.71. The molecule has 0 saturated heterocycles.